The summed E-state index contributed by atoms with van der Waals surface area (Å²) in [7, 11) is 0. The van der Waals surface area contributed by atoms with E-state index < -0.39 is 5.97 Å². The van der Waals surface area contributed by atoms with E-state index in [4.69, 9.17) is 10.9 Å². The van der Waals surface area contributed by atoms with Gasteiger partial charge in [0.25, 0.3) is 0 Å². The monoisotopic (exact) mass is 188 g/mol. The molecule has 0 bridgehead atoms. The number of esters is 1. The quantitative estimate of drug-likeness (QED) is 0.291. The fraction of sp³-hybridized carbons (Fsp3) is 0.286. The molecular formula is C7H12N2O2S. The standard InChI is InChI=1S/C7H12N2O2S/c1-2-11-7(10)4-3-6(5-8)12-9/h3-5H,2,8-9H2,1H3/b4-3+,6-5-. The van der Waals surface area contributed by atoms with Crippen LogP contribution in [-0.2, 0) is 9.53 Å². The van der Waals surface area contributed by atoms with Gasteiger partial charge in [0.05, 0.1) is 6.61 Å². The van der Waals surface area contributed by atoms with Crippen molar-refractivity contribution >= 4 is 17.9 Å². The zero-order chi connectivity index (χ0) is 9.40. The molecule has 5 heteroatoms. The molecule has 0 aliphatic rings. The summed E-state index contributed by atoms with van der Waals surface area (Å²) >= 11 is 0.972. The summed E-state index contributed by atoms with van der Waals surface area (Å²) in [5.41, 5.74) is 5.18. The Morgan fingerprint density at radius 2 is 2.25 bits per heavy atom. The smallest absolute Gasteiger partial charge is 0.330 e. The van der Waals surface area contributed by atoms with Gasteiger partial charge in [0, 0.05) is 17.2 Å². The van der Waals surface area contributed by atoms with Crippen LogP contribution in [0, 0.1) is 0 Å². The molecule has 0 aliphatic carbocycles. The first-order chi connectivity index (χ1) is 5.74. The van der Waals surface area contributed by atoms with E-state index in [0.29, 0.717) is 11.5 Å². The second kappa shape index (κ2) is 6.75. The minimum absolute atomic E-state index is 0.362. The maximum absolute atomic E-state index is 10.8. The van der Waals surface area contributed by atoms with E-state index in [-0.39, 0.29) is 0 Å². The van der Waals surface area contributed by atoms with Gasteiger partial charge in [-0.05, 0) is 24.9 Å². The number of rotatable bonds is 4. The average molecular weight is 188 g/mol. The van der Waals surface area contributed by atoms with E-state index in [1.54, 1.807) is 6.92 Å². The molecule has 0 heterocycles. The van der Waals surface area contributed by atoms with Crippen LogP contribution in [0.1, 0.15) is 6.92 Å². The summed E-state index contributed by atoms with van der Waals surface area (Å²) in [6, 6.07) is 0. The number of hydrogen-bond donors (Lipinski definition) is 2. The van der Waals surface area contributed by atoms with Gasteiger partial charge in [0.15, 0.2) is 0 Å². The molecule has 0 aromatic heterocycles. The number of hydrogen-bond acceptors (Lipinski definition) is 5. The highest BCUT2D eigenvalue weighted by Gasteiger charge is 1.94. The number of ether oxygens (including phenoxy) is 1. The van der Waals surface area contributed by atoms with E-state index in [1.165, 1.54) is 18.4 Å². The van der Waals surface area contributed by atoms with Crippen molar-refractivity contribution in [3.8, 4) is 0 Å². The molecule has 0 saturated heterocycles. The first-order valence-corrected chi connectivity index (χ1v) is 4.26. The van der Waals surface area contributed by atoms with Crippen LogP contribution in [0.25, 0.3) is 0 Å². The lowest BCUT2D eigenvalue weighted by molar-refractivity contribution is -0.137. The second-order valence-electron chi connectivity index (χ2n) is 1.77. The van der Waals surface area contributed by atoms with Gasteiger partial charge in [-0.3, -0.25) is 5.14 Å². The Labute approximate surface area is 75.8 Å². The summed E-state index contributed by atoms with van der Waals surface area (Å²) in [6.45, 7) is 2.10. The normalized spacial score (nSPS) is 12.0. The molecule has 0 unspecified atom stereocenters. The largest absolute Gasteiger partial charge is 0.463 e. The predicted molar refractivity (Wildman–Crippen MR) is 49.8 cm³/mol. The fourth-order valence-electron chi connectivity index (χ4n) is 0.475. The molecule has 0 saturated carbocycles. The Balaban J connectivity index is 3.96. The van der Waals surface area contributed by atoms with Crippen molar-refractivity contribution in [2.24, 2.45) is 10.9 Å². The molecule has 0 amide bonds. The fourth-order valence-corrected chi connectivity index (χ4v) is 0.700. The molecule has 0 aliphatic heterocycles. The van der Waals surface area contributed by atoms with Gasteiger partial charge in [0.1, 0.15) is 0 Å². The minimum atomic E-state index is -0.397. The molecular weight excluding hydrogens is 176 g/mol. The lowest BCUT2D eigenvalue weighted by atomic mass is 10.5. The van der Waals surface area contributed by atoms with Crippen LogP contribution in [0.5, 0.6) is 0 Å². The Morgan fingerprint density at radius 1 is 1.58 bits per heavy atom. The van der Waals surface area contributed by atoms with Crippen molar-refractivity contribution < 1.29 is 9.53 Å². The lowest BCUT2D eigenvalue weighted by Crippen LogP contribution is -1.99. The summed E-state index contributed by atoms with van der Waals surface area (Å²) in [5.74, 6) is -0.397. The van der Waals surface area contributed by atoms with Crippen LogP contribution < -0.4 is 10.9 Å². The highest BCUT2D eigenvalue weighted by atomic mass is 32.2. The molecule has 0 aromatic rings. The Hall–Kier alpha value is -0.940. The molecule has 0 spiro atoms. The van der Waals surface area contributed by atoms with E-state index in [9.17, 15) is 4.79 Å². The highest BCUT2D eigenvalue weighted by molar-refractivity contribution is 8.01. The van der Waals surface area contributed by atoms with E-state index in [1.807, 2.05) is 0 Å². The van der Waals surface area contributed by atoms with Crippen molar-refractivity contribution in [3.63, 3.8) is 0 Å². The van der Waals surface area contributed by atoms with Crippen molar-refractivity contribution in [3.05, 3.63) is 23.3 Å². The van der Waals surface area contributed by atoms with Gasteiger partial charge < -0.3 is 10.5 Å². The third kappa shape index (κ3) is 4.81. The molecule has 0 rings (SSSR count). The van der Waals surface area contributed by atoms with Gasteiger partial charge in [-0.2, -0.15) is 0 Å². The van der Waals surface area contributed by atoms with E-state index in [0.717, 1.165) is 11.9 Å². The maximum Gasteiger partial charge on any atom is 0.330 e. The minimum Gasteiger partial charge on any atom is -0.463 e. The number of nitrogens with two attached hydrogens (primary N) is 2. The molecule has 0 fully saturated rings. The zero-order valence-electron chi connectivity index (χ0n) is 6.82. The Kier molecular flexibility index (Phi) is 6.22. The van der Waals surface area contributed by atoms with Gasteiger partial charge in [-0.25, -0.2) is 4.79 Å². The number of allylic oxidation sites excluding steroid dienone is 1. The van der Waals surface area contributed by atoms with Crippen LogP contribution >= 0.6 is 11.9 Å². The lowest BCUT2D eigenvalue weighted by Gasteiger charge is -1.95. The molecule has 4 nitrogen and oxygen atoms in total. The molecule has 68 valence electrons. The van der Waals surface area contributed by atoms with E-state index >= 15 is 0 Å². The third-order valence-electron chi connectivity index (χ3n) is 0.971. The van der Waals surface area contributed by atoms with Crippen LogP contribution in [0.4, 0.5) is 0 Å². The van der Waals surface area contributed by atoms with Gasteiger partial charge >= 0.3 is 5.97 Å². The highest BCUT2D eigenvalue weighted by Crippen LogP contribution is 2.06. The zero-order valence-corrected chi connectivity index (χ0v) is 7.64. The Morgan fingerprint density at radius 3 is 2.67 bits per heavy atom. The molecule has 0 atom stereocenters. The van der Waals surface area contributed by atoms with Crippen molar-refractivity contribution in [2.75, 3.05) is 6.61 Å². The molecule has 12 heavy (non-hydrogen) atoms. The summed E-state index contributed by atoms with van der Waals surface area (Å²) in [6.07, 6.45) is 4.10. The topological polar surface area (TPSA) is 78.3 Å². The first kappa shape index (κ1) is 11.1. The summed E-state index contributed by atoms with van der Waals surface area (Å²) in [4.78, 5) is 11.4. The van der Waals surface area contributed by atoms with Crippen LogP contribution in [0.15, 0.2) is 23.3 Å². The SMILES string of the molecule is CCOC(=O)/C=C/C(=C/N)SN. The summed E-state index contributed by atoms with van der Waals surface area (Å²) < 4.78 is 4.64. The van der Waals surface area contributed by atoms with Crippen LogP contribution in [0.3, 0.4) is 0 Å². The maximum atomic E-state index is 10.8. The second-order valence-corrected chi connectivity index (χ2v) is 2.48. The van der Waals surface area contributed by atoms with Crippen molar-refractivity contribution in [1.82, 2.24) is 0 Å². The van der Waals surface area contributed by atoms with Crippen molar-refractivity contribution in [2.45, 2.75) is 6.92 Å². The van der Waals surface area contributed by atoms with Crippen LogP contribution in [-0.4, -0.2) is 12.6 Å². The van der Waals surface area contributed by atoms with E-state index in [2.05, 4.69) is 4.74 Å². The third-order valence-corrected chi connectivity index (χ3v) is 1.51. The summed E-state index contributed by atoms with van der Waals surface area (Å²) in [5, 5.41) is 5.21. The molecule has 0 radical (unpaired) electrons. The van der Waals surface area contributed by atoms with Gasteiger partial charge in [0.2, 0.25) is 0 Å². The van der Waals surface area contributed by atoms with Gasteiger partial charge in [-0.1, -0.05) is 0 Å². The first-order valence-electron chi connectivity index (χ1n) is 3.38. The van der Waals surface area contributed by atoms with Crippen molar-refractivity contribution in [1.29, 1.82) is 0 Å². The average Bonchev–Trinajstić information content (AvgIpc) is 2.07. The molecule has 4 N–H and O–H groups in total. The van der Waals surface area contributed by atoms with Crippen LogP contribution in [0.2, 0.25) is 0 Å². The van der Waals surface area contributed by atoms with Gasteiger partial charge in [-0.15, -0.1) is 0 Å². The predicted octanol–water partition coefficient (Wildman–Crippen LogP) is 0.513. The Bertz CT molecular complexity index is 202. The number of carbonyl (C=O) groups excluding carboxylic acids is 1. The number of carbonyl (C=O) groups is 1. The molecule has 0 aromatic carbocycles.